The van der Waals surface area contributed by atoms with Gasteiger partial charge in [0.1, 0.15) is 6.10 Å². The van der Waals surface area contributed by atoms with Crippen molar-refractivity contribution in [2.75, 3.05) is 44.2 Å². The number of rotatable bonds is 4. The van der Waals surface area contributed by atoms with Gasteiger partial charge in [-0.1, -0.05) is 6.92 Å². The molecule has 33 heavy (non-hydrogen) atoms. The van der Waals surface area contributed by atoms with E-state index in [1.165, 1.54) is 19.3 Å². The number of nitrogens with one attached hydrogen (secondary N) is 1. The van der Waals surface area contributed by atoms with Crippen molar-refractivity contribution in [1.82, 2.24) is 4.90 Å². The fourth-order valence-corrected chi connectivity index (χ4v) is 7.45. The Morgan fingerprint density at radius 3 is 2.58 bits per heavy atom. The van der Waals surface area contributed by atoms with Crippen molar-refractivity contribution >= 4 is 17.3 Å². The zero-order valence-corrected chi connectivity index (χ0v) is 19.4. The van der Waals surface area contributed by atoms with E-state index < -0.39 is 5.23 Å². The summed E-state index contributed by atoms with van der Waals surface area (Å²) >= 11 is 0. The topological polar surface area (TPSA) is 93.0 Å². The van der Waals surface area contributed by atoms with Crippen molar-refractivity contribution in [3.63, 3.8) is 0 Å². The van der Waals surface area contributed by atoms with E-state index in [4.69, 9.17) is 14.7 Å². The number of hydrogen-bond acceptors (Lipinski definition) is 7. The first-order valence-electron chi connectivity index (χ1n) is 12.5. The molecule has 3 aliphatic heterocycles. The molecule has 3 saturated heterocycles. The number of quaternary nitrogens is 1. The summed E-state index contributed by atoms with van der Waals surface area (Å²) in [7, 11) is 0. The van der Waals surface area contributed by atoms with Gasteiger partial charge in [0.05, 0.1) is 18.1 Å². The van der Waals surface area contributed by atoms with Crippen molar-refractivity contribution in [3.05, 3.63) is 29.5 Å². The molecule has 2 saturated carbocycles. The Balaban J connectivity index is 1.09. The van der Waals surface area contributed by atoms with Gasteiger partial charge in [-0.2, -0.15) is 5.23 Å². The Bertz CT molecular complexity index is 896. The van der Waals surface area contributed by atoms with E-state index in [2.05, 4.69) is 16.7 Å². The molecule has 0 aromatic heterocycles. The molecule has 1 spiro atoms. The van der Waals surface area contributed by atoms with Crippen molar-refractivity contribution in [2.45, 2.75) is 50.7 Å². The predicted molar refractivity (Wildman–Crippen MR) is 121 cm³/mol. The van der Waals surface area contributed by atoms with Gasteiger partial charge in [-0.3, -0.25) is 9.69 Å². The molecule has 3 heterocycles. The van der Waals surface area contributed by atoms with Crippen molar-refractivity contribution in [2.24, 2.45) is 23.2 Å². The summed E-state index contributed by atoms with van der Waals surface area (Å²) in [6.45, 7) is 7.63. The molecule has 5 fully saturated rings. The highest BCUT2D eigenvalue weighted by Crippen LogP contribution is 2.62. The average Bonchev–Trinajstić information content (AvgIpc) is 3.51. The number of anilines is 1. The zero-order chi connectivity index (χ0) is 22.8. The Hall–Kier alpha value is -1.71. The lowest BCUT2D eigenvalue weighted by Gasteiger charge is -2.51. The van der Waals surface area contributed by atoms with Crippen LogP contribution in [0.3, 0.4) is 0 Å². The Morgan fingerprint density at radius 2 is 1.91 bits per heavy atom. The number of carbonyl (C=O) groups is 1. The Labute approximate surface area is 195 Å². The smallest absolute Gasteiger partial charge is 0.310 e. The number of carbonyl (C=O) groups excluding carboxylic acids is 1. The molecule has 0 bridgehead atoms. The van der Waals surface area contributed by atoms with Gasteiger partial charge in [0.15, 0.2) is 5.69 Å². The maximum Gasteiger partial charge on any atom is 0.310 e. The van der Waals surface area contributed by atoms with Gasteiger partial charge in [0.2, 0.25) is 0 Å². The molecule has 8 heteroatoms. The SMILES string of the molecule is C[C@]12CCC[C@]3(CO3)[C@H]1C[C@H]1[C@H](CN3CCN(c4ccc([NH+]([O-])O)cc4)CC3)C(=O)O[C@@H]1C2. The summed E-state index contributed by atoms with van der Waals surface area (Å²) < 4.78 is 12.0. The minimum atomic E-state index is -0.899. The number of ether oxygens (including phenoxy) is 2. The Kier molecular flexibility index (Phi) is 5.23. The number of piperazine rings is 1. The standard InChI is InChI=1S/C25H35N3O5/c1-24-7-2-8-25(16-32-25)22(24)13-19-20(23(29)33-21(19)14-24)15-26-9-11-27(12-10-26)17-3-5-18(6-4-17)28(30)31/h3-6,19-22,28,30H,2,7-16H2,1H3/t19-,20-,21+,22-,24+,25-/m0/s1. The van der Waals surface area contributed by atoms with Gasteiger partial charge in [0, 0.05) is 56.5 Å². The minimum Gasteiger partial charge on any atom is -0.595 e. The second-order valence-electron chi connectivity index (χ2n) is 11.2. The average molecular weight is 458 g/mol. The number of fused-ring (bicyclic) bond motifs is 3. The van der Waals surface area contributed by atoms with E-state index in [0.29, 0.717) is 17.5 Å². The quantitative estimate of drug-likeness (QED) is 0.404. The summed E-state index contributed by atoms with van der Waals surface area (Å²) in [5.74, 6) is 0.849. The second-order valence-corrected chi connectivity index (χ2v) is 11.2. The van der Waals surface area contributed by atoms with Crippen LogP contribution in [-0.2, 0) is 14.3 Å². The van der Waals surface area contributed by atoms with Crippen LogP contribution < -0.4 is 10.1 Å². The number of benzene rings is 1. The molecule has 0 radical (unpaired) electrons. The van der Waals surface area contributed by atoms with Crippen LogP contribution in [0.4, 0.5) is 11.4 Å². The largest absolute Gasteiger partial charge is 0.595 e. The summed E-state index contributed by atoms with van der Waals surface area (Å²) in [6.07, 6.45) is 5.77. The van der Waals surface area contributed by atoms with Crippen LogP contribution in [0.5, 0.6) is 0 Å². The van der Waals surface area contributed by atoms with Crippen LogP contribution in [0.25, 0.3) is 0 Å². The predicted octanol–water partition coefficient (Wildman–Crippen LogP) is 1.74. The second kappa shape index (κ2) is 7.92. The van der Waals surface area contributed by atoms with Crippen molar-refractivity contribution in [1.29, 1.82) is 0 Å². The zero-order valence-electron chi connectivity index (χ0n) is 19.4. The first-order valence-corrected chi connectivity index (χ1v) is 12.5. The van der Waals surface area contributed by atoms with Crippen LogP contribution in [0.2, 0.25) is 0 Å². The Morgan fingerprint density at radius 1 is 1.18 bits per heavy atom. The molecule has 180 valence electrons. The van der Waals surface area contributed by atoms with Crippen LogP contribution in [0.15, 0.2) is 24.3 Å². The van der Waals surface area contributed by atoms with E-state index in [-0.39, 0.29) is 29.0 Å². The highest BCUT2D eigenvalue weighted by Gasteiger charge is 2.65. The molecule has 1 unspecified atom stereocenters. The number of nitrogens with zero attached hydrogens (tertiary/aromatic N) is 2. The van der Waals surface area contributed by atoms with Crippen LogP contribution in [0.1, 0.15) is 39.0 Å². The van der Waals surface area contributed by atoms with Crippen molar-refractivity contribution < 1.29 is 24.7 Å². The molecule has 1 aromatic carbocycles. The summed E-state index contributed by atoms with van der Waals surface area (Å²) in [5, 5.41) is 19.3. The molecule has 6 rings (SSSR count). The van der Waals surface area contributed by atoms with Gasteiger partial charge in [-0.05, 0) is 55.6 Å². The van der Waals surface area contributed by atoms with Gasteiger partial charge in [-0.25, -0.2) is 5.21 Å². The molecule has 2 N–H and O–H groups in total. The first-order chi connectivity index (χ1) is 15.9. The fraction of sp³-hybridized carbons (Fsp3) is 0.720. The highest BCUT2D eigenvalue weighted by atomic mass is 16.8. The lowest BCUT2D eigenvalue weighted by molar-refractivity contribution is -0.991. The van der Waals surface area contributed by atoms with E-state index in [1.807, 2.05) is 12.1 Å². The lowest BCUT2D eigenvalue weighted by atomic mass is 9.53. The minimum absolute atomic E-state index is 0.00435. The van der Waals surface area contributed by atoms with Crippen molar-refractivity contribution in [3.8, 4) is 0 Å². The number of hydrogen-bond donors (Lipinski definition) is 2. The number of epoxide rings is 1. The monoisotopic (exact) mass is 457 g/mol. The maximum atomic E-state index is 12.9. The van der Waals surface area contributed by atoms with E-state index in [1.54, 1.807) is 12.1 Å². The number of esters is 1. The highest BCUT2D eigenvalue weighted by molar-refractivity contribution is 5.75. The normalized spacial score (nSPS) is 41.4. The van der Waals surface area contributed by atoms with Crippen LogP contribution in [0, 0.1) is 28.4 Å². The van der Waals surface area contributed by atoms with E-state index >= 15 is 0 Å². The molecule has 1 aromatic rings. The molecule has 7 atom stereocenters. The van der Waals surface area contributed by atoms with Gasteiger partial charge < -0.3 is 19.6 Å². The van der Waals surface area contributed by atoms with Crippen LogP contribution >= 0.6 is 0 Å². The van der Waals surface area contributed by atoms with Gasteiger partial charge in [-0.15, -0.1) is 0 Å². The summed E-state index contributed by atoms with van der Waals surface area (Å²) in [4.78, 5) is 17.6. The third-order valence-electron chi connectivity index (χ3n) is 9.39. The fourth-order valence-electron chi connectivity index (χ4n) is 7.45. The maximum absolute atomic E-state index is 12.9. The van der Waals surface area contributed by atoms with Gasteiger partial charge in [0.25, 0.3) is 0 Å². The van der Waals surface area contributed by atoms with E-state index in [9.17, 15) is 10.0 Å². The van der Waals surface area contributed by atoms with Gasteiger partial charge >= 0.3 is 5.97 Å². The molecular weight excluding hydrogens is 422 g/mol. The third-order valence-corrected chi connectivity index (χ3v) is 9.39. The first kappa shape index (κ1) is 21.8. The summed E-state index contributed by atoms with van der Waals surface area (Å²) in [5.41, 5.74) is 1.70. The summed E-state index contributed by atoms with van der Waals surface area (Å²) in [6, 6.07) is 7.10. The van der Waals surface area contributed by atoms with Crippen LogP contribution in [-0.4, -0.2) is 67.1 Å². The molecule has 5 aliphatic rings. The molecule has 8 nitrogen and oxygen atoms in total. The molecule has 2 aliphatic carbocycles. The third kappa shape index (κ3) is 3.76. The van der Waals surface area contributed by atoms with E-state index in [0.717, 1.165) is 57.9 Å². The molecule has 0 amide bonds. The molecular formula is C25H35N3O5. The lowest BCUT2D eigenvalue weighted by Crippen LogP contribution is -2.99.